The zero-order chi connectivity index (χ0) is 36.8. The molecule has 6 rings (SSSR count). The minimum Gasteiger partial charge on any atom is -0.488 e. The van der Waals surface area contributed by atoms with Gasteiger partial charge in [-0.25, -0.2) is 0 Å². The van der Waals surface area contributed by atoms with Gasteiger partial charge in [0.15, 0.2) is 0 Å². The summed E-state index contributed by atoms with van der Waals surface area (Å²) in [6.45, 7) is 7.86. The van der Waals surface area contributed by atoms with Gasteiger partial charge in [-0.15, -0.1) is 0 Å². The fraction of sp³-hybridized carbons (Fsp3) is 0.381. The average Bonchev–Trinajstić information content (AvgIpc) is 3.12. The van der Waals surface area contributed by atoms with E-state index in [1.807, 2.05) is 36.4 Å². The summed E-state index contributed by atoms with van der Waals surface area (Å²) in [5.74, 6) is -0.00511. The molecule has 4 aromatic rings. The SMILES string of the molecule is Cc1c(COc2ccc(CN3CCCC[C@H]3C(=O)O)cc2Br)cccc1-c1cccc(COc2ccc(CN3CCCC[C@H]3C(=O)O)cc2Br)c1C. The minimum absolute atomic E-state index is 0.408. The molecule has 2 fully saturated rings. The molecule has 2 saturated heterocycles. The van der Waals surface area contributed by atoms with E-state index in [1.54, 1.807) is 0 Å². The second-order valence-corrected chi connectivity index (χ2v) is 15.6. The van der Waals surface area contributed by atoms with Crippen LogP contribution < -0.4 is 9.47 Å². The number of hydrogen-bond acceptors (Lipinski definition) is 6. The van der Waals surface area contributed by atoms with Gasteiger partial charge in [0.2, 0.25) is 0 Å². The summed E-state index contributed by atoms with van der Waals surface area (Å²) < 4.78 is 14.3. The summed E-state index contributed by atoms with van der Waals surface area (Å²) in [4.78, 5) is 27.6. The third-order valence-corrected chi connectivity index (χ3v) is 11.7. The molecule has 4 aromatic carbocycles. The first-order chi connectivity index (χ1) is 25.1. The molecule has 2 aliphatic heterocycles. The molecule has 0 radical (unpaired) electrons. The molecule has 52 heavy (non-hydrogen) atoms. The highest BCUT2D eigenvalue weighted by molar-refractivity contribution is 9.10. The zero-order valence-corrected chi connectivity index (χ0v) is 32.9. The van der Waals surface area contributed by atoms with Crippen LogP contribution in [0.15, 0.2) is 81.7 Å². The van der Waals surface area contributed by atoms with Crippen LogP contribution >= 0.6 is 31.9 Å². The molecule has 0 spiro atoms. The van der Waals surface area contributed by atoms with E-state index in [9.17, 15) is 19.8 Å². The molecule has 0 bridgehead atoms. The lowest BCUT2D eigenvalue weighted by atomic mass is 9.92. The summed E-state index contributed by atoms with van der Waals surface area (Å²) >= 11 is 7.37. The molecule has 0 saturated carbocycles. The summed E-state index contributed by atoms with van der Waals surface area (Å²) in [7, 11) is 0. The predicted octanol–water partition coefficient (Wildman–Crippen LogP) is 9.53. The number of likely N-dealkylation sites (tertiary alicyclic amines) is 2. The van der Waals surface area contributed by atoms with Gasteiger partial charge in [-0.3, -0.25) is 19.4 Å². The lowest BCUT2D eigenvalue weighted by Gasteiger charge is -2.32. The highest BCUT2D eigenvalue weighted by Crippen LogP contribution is 2.34. The maximum Gasteiger partial charge on any atom is 0.320 e. The predicted molar refractivity (Wildman–Crippen MR) is 210 cm³/mol. The van der Waals surface area contributed by atoms with Gasteiger partial charge in [-0.05, 0) is 153 Å². The first-order valence-electron chi connectivity index (χ1n) is 18.0. The second kappa shape index (κ2) is 17.4. The van der Waals surface area contributed by atoms with Gasteiger partial charge >= 0.3 is 11.9 Å². The van der Waals surface area contributed by atoms with E-state index in [-0.39, 0.29) is 0 Å². The van der Waals surface area contributed by atoms with Crippen LogP contribution in [0.1, 0.15) is 71.9 Å². The zero-order valence-electron chi connectivity index (χ0n) is 29.7. The fourth-order valence-corrected chi connectivity index (χ4v) is 8.56. The standard InChI is InChI=1S/C42H46Br2N2O6/c1-27-31(25-51-39-17-15-29(21-35(39)43)23-45-19-5-3-13-37(45)41(47)48)9-7-11-33(27)34-12-8-10-32(28(34)2)26-52-40-18-16-30(22-36(40)44)24-46-20-6-4-14-38(46)42(49)50/h7-12,15-18,21-22,37-38H,3-6,13-14,19-20,23-26H2,1-2H3,(H,47,48)(H,49,50)/t37-,38-/m0/s1. The molecular weight excluding hydrogens is 788 g/mol. The van der Waals surface area contributed by atoms with Crippen LogP contribution in [-0.4, -0.2) is 57.1 Å². The largest absolute Gasteiger partial charge is 0.488 e. The number of ether oxygens (including phenoxy) is 2. The number of rotatable bonds is 13. The number of nitrogens with zero attached hydrogens (tertiary/aromatic N) is 2. The van der Waals surface area contributed by atoms with Crippen LogP contribution in [0.3, 0.4) is 0 Å². The fourth-order valence-electron chi connectivity index (χ4n) is 7.48. The summed E-state index contributed by atoms with van der Waals surface area (Å²) in [6.07, 6.45) is 5.34. The molecule has 0 aliphatic carbocycles. The van der Waals surface area contributed by atoms with E-state index in [0.29, 0.717) is 39.1 Å². The van der Waals surface area contributed by atoms with Crippen LogP contribution in [0.25, 0.3) is 11.1 Å². The van der Waals surface area contributed by atoms with Crippen molar-refractivity contribution in [1.29, 1.82) is 0 Å². The Morgan fingerprint density at radius 1 is 0.654 bits per heavy atom. The van der Waals surface area contributed by atoms with Gasteiger partial charge in [0.05, 0.1) is 8.95 Å². The van der Waals surface area contributed by atoms with Crippen molar-refractivity contribution in [3.05, 3.63) is 115 Å². The molecule has 8 nitrogen and oxygen atoms in total. The van der Waals surface area contributed by atoms with Crippen LogP contribution in [-0.2, 0) is 35.9 Å². The van der Waals surface area contributed by atoms with Gasteiger partial charge in [0.25, 0.3) is 0 Å². The Hall–Kier alpha value is -3.70. The van der Waals surface area contributed by atoms with Crippen molar-refractivity contribution in [2.75, 3.05) is 13.1 Å². The lowest BCUT2D eigenvalue weighted by Crippen LogP contribution is -2.43. The maximum absolute atomic E-state index is 11.8. The van der Waals surface area contributed by atoms with Gasteiger partial charge in [0.1, 0.15) is 36.8 Å². The van der Waals surface area contributed by atoms with E-state index in [4.69, 9.17) is 9.47 Å². The lowest BCUT2D eigenvalue weighted by molar-refractivity contribution is -0.145. The summed E-state index contributed by atoms with van der Waals surface area (Å²) in [5.41, 5.74) is 8.89. The van der Waals surface area contributed by atoms with Crippen LogP contribution in [0.2, 0.25) is 0 Å². The Kier molecular flexibility index (Phi) is 12.7. The van der Waals surface area contributed by atoms with E-state index >= 15 is 0 Å². The first kappa shape index (κ1) is 38.0. The van der Waals surface area contributed by atoms with Crippen molar-refractivity contribution >= 4 is 43.8 Å². The smallest absolute Gasteiger partial charge is 0.320 e. The molecule has 2 aliphatic rings. The Bertz CT molecular complexity index is 1780. The number of piperidine rings is 2. The van der Waals surface area contributed by atoms with Crippen molar-refractivity contribution in [2.24, 2.45) is 0 Å². The first-order valence-corrected chi connectivity index (χ1v) is 19.6. The third-order valence-electron chi connectivity index (χ3n) is 10.5. The highest BCUT2D eigenvalue weighted by Gasteiger charge is 2.29. The average molecular weight is 835 g/mol. The molecule has 0 unspecified atom stereocenters. The molecule has 0 aromatic heterocycles. The van der Waals surface area contributed by atoms with Gasteiger partial charge in [-0.2, -0.15) is 0 Å². The van der Waals surface area contributed by atoms with Gasteiger partial charge in [0, 0.05) is 13.1 Å². The minimum atomic E-state index is -0.746. The van der Waals surface area contributed by atoms with E-state index in [0.717, 1.165) is 104 Å². The third kappa shape index (κ3) is 9.08. The topological polar surface area (TPSA) is 99.5 Å². The highest BCUT2D eigenvalue weighted by atomic mass is 79.9. The van der Waals surface area contributed by atoms with E-state index < -0.39 is 24.0 Å². The molecule has 2 N–H and O–H groups in total. The number of carbonyl (C=O) groups is 2. The van der Waals surface area contributed by atoms with Crippen LogP contribution in [0, 0.1) is 13.8 Å². The van der Waals surface area contributed by atoms with Crippen molar-refractivity contribution in [3.63, 3.8) is 0 Å². The molecule has 2 atom stereocenters. The summed E-state index contributed by atoms with van der Waals surface area (Å²) in [6, 6.07) is 23.8. The number of hydrogen-bond donors (Lipinski definition) is 2. The van der Waals surface area contributed by atoms with Crippen LogP contribution in [0.4, 0.5) is 0 Å². The van der Waals surface area contributed by atoms with Crippen molar-refractivity contribution in [2.45, 2.75) is 90.8 Å². The Labute approximate surface area is 323 Å². The quantitative estimate of drug-likeness (QED) is 0.138. The second-order valence-electron chi connectivity index (χ2n) is 13.9. The summed E-state index contributed by atoms with van der Waals surface area (Å²) in [5, 5.41) is 19.3. The number of carboxylic acids is 2. The normalized spacial score (nSPS) is 18.2. The van der Waals surface area contributed by atoms with E-state index in [2.05, 4.69) is 91.9 Å². The van der Waals surface area contributed by atoms with Crippen molar-refractivity contribution < 1.29 is 29.3 Å². The Morgan fingerprint density at radius 3 is 1.46 bits per heavy atom. The molecule has 10 heteroatoms. The Morgan fingerprint density at radius 2 is 1.08 bits per heavy atom. The Balaban J connectivity index is 1.09. The molecule has 274 valence electrons. The maximum atomic E-state index is 11.8. The van der Waals surface area contributed by atoms with Crippen molar-refractivity contribution in [1.82, 2.24) is 9.80 Å². The molecular formula is C42H46Br2N2O6. The van der Waals surface area contributed by atoms with Crippen molar-refractivity contribution in [3.8, 4) is 22.6 Å². The number of halogens is 2. The molecule has 2 heterocycles. The molecule has 0 amide bonds. The van der Waals surface area contributed by atoms with Gasteiger partial charge < -0.3 is 19.7 Å². The number of benzene rings is 4. The van der Waals surface area contributed by atoms with Crippen LogP contribution in [0.5, 0.6) is 11.5 Å². The van der Waals surface area contributed by atoms with Gasteiger partial charge in [-0.1, -0.05) is 61.4 Å². The number of carboxylic acid groups (broad SMARTS) is 2. The van der Waals surface area contributed by atoms with E-state index in [1.165, 1.54) is 0 Å². The monoisotopic (exact) mass is 832 g/mol. The number of aliphatic carboxylic acids is 2.